The lowest BCUT2D eigenvalue weighted by Gasteiger charge is -2.35. The molecule has 19 heavy (non-hydrogen) atoms. The summed E-state index contributed by atoms with van der Waals surface area (Å²) in [5.74, 6) is 1.25. The summed E-state index contributed by atoms with van der Waals surface area (Å²) in [5, 5.41) is 10.6. The van der Waals surface area contributed by atoms with E-state index in [1.807, 2.05) is 23.1 Å². The number of aromatic amines is 1. The number of hydrogen-bond donors (Lipinski definition) is 1. The zero-order chi connectivity index (χ0) is 13.4. The summed E-state index contributed by atoms with van der Waals surface area (Å²) in [6.07, 6.45) is 1.20. The minimum atomic E-state index is 0.100. The first kappa shape index (κ1) is 12.1. The monoisotopic (exact) mass is 258 g/mol. The Balaban J connectivity index is 1.86. The van der Waals surface area contributed by atoms with Crippen molar-refractivity contribution in [1.29, 1.82) is 0 Å². The lowest BCUT2D eigenvalue weighted by atomic mass is 9.91. The number of nitrogens with zero attached hydrogens (tertiary/aromatic N) is 3. The van der Waals surface area contributed by atoms with Crippen molar-refractivity contribution in [2.45, 2.75) is 20.3 Å². The first-order valence-electron chi connectivity index (χ1n) is 6.73. The third-order valence-electron chi connectivity index (χ3n) is 3.72. The van der Waals surface area contributed by atoms with E-state index in [1.165, 1.54) is 6.42 Å². The predicted molar refractivity (Wildman–Crippen MR) is 72.7 cm³/mol. The molecule has 1 aromatic heterocycles. The minimum absolute atomic E-state index is 0.100. The van der Waals surface area contributed by atoms with Crippen molar-refractivity contribution in [3.05, 3.63) is 23.8 Å². The van der Waals surface area contributed by atoms with E-state index in [9.17, 15) is 4.79 Å². The van der Waals surface area contributed by atoms with Gasteiger partial charge in [0, 0.05) is 18.7 Å². The van der Waals surface area contributed by atoms with Crippen LogP contribution in [0.15, 0.2) is 18.2 Å². The molecule has 0 aliphatic carbocycles. The maximum absolute atomic E-state index is 12.5. The van der Waals surface area contributed by atoms with E-state index >= 15 is 0 Å². The Labute approximate surface area is 112 Å². The summed E-state index contributed by atoms with van der Waals surface area (Å²) in [4.78, 5) is 14.5. The van der Waals surface area contributed by atoms with Gasteiger partial charge in [0.1, 0.15) is 11.0 Å². The molecule has 5 nitrogen and oxygen atoms in total. The van der Waals surface area contributed by atoms with Gasteiger partial charge >= 0.3 is 0 Å². The van der Waals surface area contributed by atoms with Gasteiger partial charge in [-0.3, -0.25) is 4.79 Å². The highest BCUT2D eigenvalue weighted by atomic mass is 16.2. The number of likely N-dealkylation sites (tertiary alicyclic amines) is 1. The van der Waals surface area contributed by atoms with Crippen LogP contribution in [0.2, 0.25) is 0 Å². The molecule has 1 aliphatic heterocycles. The molecule has 1 N–H and O–H groups in total. The van der Waals surface area contributed by atoms with Crippen LogP contribution in [0, 0.1) is 11.8 Å². The molecule has 0 bridgehead atoms. The van der Waals surface area contributed by atoms with Crippen molar-refractivity contribution in [2.75, 3.05) is 13.1 Å². The predicted octanol–water partition coefficient (Wildman–Crippen LogP) is 2.08. The van der Waals surface area contributed by atoms with Gasteiger partial charge in [0.15, 0.2) is 0 Å². The van der Waals surface area contributed by atoms with Gasteiger partial charge in [-0.05, 0) is 36.5 Å². The van der Waals surface area contributed by atoms with E-state index in [2.05, 4.69) is 29.3 Å². The normalized spacial score (nSPS) is 23.8. The number of benzene rings is 1. The molecule has 0 saturated carbocycles. The lowest BCUT2D eigenvalue weighted by Crippen LogP contribution is -2.42. The summed E-state index contributed by atoms with van der Waals surface area (Å²) in [6.45, 7) is 6.10. The molecule has 0 spiro atoms. The third kappa shape index (κ3) is 2.32. The van der Waals surface area contributed by atoms with Gasteiger partial charge in [-0.25, -0.2) is 0 Å². The standard InChI is InChI=1S/C14H18N4O/c1-9-5-10(2)8-18(7-9)14(19)11-3-4-12-13(6-11)16-17-15-12/h3-4,6,9-10H,5,7-8H2,1-2H3,(H,15,16,17)/t9-,10-/m0/s1. The molecule has 2 atom stereocenters. The Hall–Kier alpha value is -1.91. The third-order valence-corrected chi connectivity index (χ3v) is 3.72. The van der Waals surface area contributed by atoms with Crippen molar-refractivity contribution >= 4 is 16.9 Å². The molecule has 3 rings (SSSR count). The number of aromatic nitrogens is 3. The van der Waals surface area contributed by atoms with Crippen LogP contribution < -0.4 is 0 Å². The van der Waals surface area contributed by atoms with Gasteiger partial charge in [0.2, 0.25) is 0 Å². The summed E-state index contributed by atoms with van der Waals surface area (Å²) in [5.41, 5.74) is 2.23. The molecule has 0 unspecified atom stereocenters. The summed E-state index contributed by atoms with van der Waals surface area (Å²) in [6, 6.07) is 5.48. The first-order valence-corrected chi connectivity index (χ1v) is 6.73. The molecular formula is C14H18N4O. The highest BCUT2D eigenvalue weighted by Gasteiger charge is 2.26. The smallest absolute Gasteiger partial charge is 0.253 e. The van der Waals surface area contributed by atoms with Crippen LogP contribution in [0.1, 0.15) is 30.6 Å². The number of H-pyrrole nitrogens is 1. The van der Waals surface area contributed by atoms with Crippen LogP contribution in [0.3, 0.4) is 0 Å². The van der Waals surface area contributed by atoms with Crippen LogP contribution >= 0.6 is 0 Å². The van der Waals surface area contributed by atoms with Crippen LogP contribution in [0.4, 0.5) is 0 Å². The zero-order valence-corrected chi connectivity index (χ0v) is 11.3. The maximum Gasteiger partial charge on any atom is 0.253 e. The Morgan fingerprint density at radius 2 is 1.89 bits per heavy atom. The van der Waals surface area contributed by atoms with Crippen LogP contribution in [-0.2, 0) is 0 Å². The van der Waals surface area contributed by atoms with Gasteiger partial charge < -0.3 is 4.90 Å². The fraction of sp³-hybridized carbons (Fsp3) is 0.500. The fourth-order valence-electron chi connectivity index (χ4n) is 2.98. The van der Waals surface area contributed by atoms with E-state index in [4.69, 9.17) is 0 Å². The van der Waals surface area contributed by atoms with Crippen molar-refractivity contribution in [3.8, 4) is 0 Å². The number of carbonyl (C=O) groups excluding carboxylic acids is 1. The molecule has 0 radical (unpaired) electrons. The number of amides is 1. The molecule has 2 heterocycles. The molecule has 5 heteroatoms. The van der Waals surface area contributed by atoms with E-state index in [0.29, 0.717) is 17.4 Å². The maximum atomic E-state index is 12.5. The van der Waals surface area contributed by atoms with Crippen LogP contribution in [-0.4, -0.2) is 39.3 Å². The Morgan fingerprint density at radius 1 is 1.21 bits per heavy atom. The molecular weight excluding hydrogens is 240 g/mol. The van der Waals surface area contributed by atoms with Crippen LogP contribution in [0.5, 0.6) is 0 Å². The second-order valence-electron chi connectivity index (χ2n) is 5.68. The number of carbonyl (C=O) groups is 1. The SMILES string of the molecule is C[C@H]1C[C@H](C)CN(C(=O)c2ccc3n[nH]nc3c2)C1. The van der Waals surface area contributed by atoms with Crippen molar-refractivity contribution in [3.63, 3.8) is 0 Å². The Morgan fingerprint density at radius 3 is 2.63 bits per heavy atom. The van der Waals surface area contributed by atoms with E-state index in [0.717, 1.165) is 24.1 Å². The minimum Gasteiger partial charge on any atom is -0.338 e. The quantitative estimate of drug-likeness (QED) is 0.851. The van der Waals surface area contributed by atoms with Crippen molar-refractivity contribution in [2.24, 2.45) is 11.8 Å². The molecule has 1 saturated heterocycles. The van der Waals surface area contributed by atoms with E-state index in [-0.39, 0.29) is 5.91 Å². The Bertz CT molecular complexity index is 596. The van der Waals surface area contributed by atoms with Gasteiger partial charge in [-0.15, -0.1) is 0 Å². The van der Waals surface area contributed by atoms with E-state index in [1.54, 1.807) is 0 Å². The second kappa shape index (κ2) is 4.64. The fourth-order valence-corrected chi connectivity index (χ4v) is 2.98. The lowest BCUT2D eigenvalue weighted by molar-refractivity contribution is 0.0623. The van der Waals surface area contributed by atoms with Gasteiger partial charge in [0.05, 0.1) is 0 Å². The van der Waals surface area contributed by atoms with Crippen molar-refractivity contribution < 1.29 is 4.79 Å². The van der Waals surface area contributed by atoms with Gasteiger partial charge in [-0.2, -0.15) is 15.4 Å². The van der Waals surface area contributed by atoms with E-state index < -0.39 is 0 Å². The first-order chi connectivity index (χ1) is 9.13. The van der Waals surface area contributed by atoms with Crippen molar-refractivity contribution in [1.82, 2.24) is 20.3 Å². The van der Waals surface area contributed by atoms with Gasteiger partial charge in [0.25, 0.3) is 5.91 Å². The van der Waals surface area contributed by atoms with Gasteiger partial charge in [-0.1, -0.05) is 13.8 Å². The number of nitrogens with one attached hydrogen (secondary N) is 1. The number of hydrogen-bond acceptors (Lipinski definition) is 3. The average Bonchev–Trinajstić information content (AvgIpc) is 2.83. The highest BCUT2D eigenvalue weighted by Crippen LogP contribution is 2.23. The second-order valence-corrected chi connectivity index (χ2v) is 5.68. The summed E-state index contributed by atoms with van der Waals surface area (Å²) in [7, 11) is 0. The molecule has 2 aromatic rings. The molecule has 100 valence electrons. The highest BCUT2D eigenvalue weighted by molar-refractivity contribution is 5.97. The largest absolute Gasteiger partial charge is 0.338 e. The number of piperidine rings is 1. The van der Waals surface area contributed by atoms with Crippen LogP contribution in [0.25, 0.3) is 11.0 Å². The zero-order valence-electron chi connectivity index (χ0n) is 11.3. The molecule has 1 amide bonds. The molecule has 1 aliphatic rings. The number of fused-ring (bicyclic) bond motifs is 1. The average molecular weight is 258 g/mol. The molecule has 1 fully saturated rings. The summed E-state index contributed by atoms with van der Waals surface area (Å²) < 4.78 is 0. The molecule has 1 aromatic carbocycles. The topological polar surface area (TPSA) is 61.9 Å². The number of rotatable bonds is 1. The summed E-state index contributed by atoms with van der Waals surface area (Å²) >= 11 is 0. The Kier molecular flexibility index (Phi) is 2.97.